The number of hydrogen-bond acceptors (Lipinski definition) is 4. The molecule has 2 aliphatic heterocycles. The van der Waals surface area contributed by atoms with Crippen molar-refractivity contribution in [1.29, 1.82) is 0 Å². The average Bonchev–Trinajstić information content (AvgIpc) is 2.93. The molecule has 1 unspecified atom stereocenters. The van der Waals surface area contributed by atoms with E-state index in [0.717, 1.165) is 43.7 Å². The minimum atomic E-state index is -0.912. The molecule has 7 heteroatoms. The molecule has 2 aliphatic rings. The van der Waals surface area contributed by atoms with E-state index in [-0.39, 0.29) is 37.4 Å². The predicted octanol–water partition coefficient (Wildman–Crippen LogP) is 1.50. The van der Waals surface area contributed by atoms with Crippen LogP contribution in [0.15, 0.2) is 24.3 Å². The van der Waals surface area contributed by atoms with Crippen molar-refractivity contribution in [3.63, 3.8) is 0 Å². The van der Waals surface area contributed by atoms with Gasteiger partial charge in [0, 0.05) is 38.3 Å². The summed E-state index contributed by atoms with van der Waals surface area (Å²) in [5, 5.41) is 18.6. The number of nitrogens with zero attached hydrogens (tertiary/aromatic N) is 2. The van der Waals surface area contributed by atoms with Crippen LogP contribution < -0.4 is 4.90 Å². The third-order valence-corrected chi connectivity index (χ3v) is 4.69. The zero-order valence-electron chi connectivity index (χ0n) is 13.4. The molecule has 132 valence electrons. The van der Waals surface area contributed by atoms with Gasteiger partial charge in [0.25, 0.3) is 0 Å². The predicted molar refractivity (Wildman–Crippen MR) is 92.3 cm³/mol. The van der Waals surface area contributed by atoms with Crippen molar-refractivity contribution in [2.75, 3.05) is 24.5 Å². The van der Waals surface area contributed by atoms with E-state index in [9.17, 15) is 14.7 Å². The van der Waals surface area contributed by atoms with Crippen molar-refractivity contribution in [2.24, 2.45) is 5.92 Å². The number of likely N-dealkylation sites (tertiary alicyclic amines) is 1. The van der Waals surface area contributed by atoms with Crippen LogP contribution in [0.25, 0.3) is 0 Å². The lowest BCUT2D eigenvalue weighted by Gasteiger charge is -2.29. The van der Waals surface area contributed by atoms with Gasteiger partial charge in [-0.2, -0.15) is 0 Å². The number of carboxylic acids is 1. The summed E-state index contributed by atoms with van der Waals surface area (Å²) in [5.41, 5.74) is 1.92. The molecule has 1 aromatic carbocycles. The zero-order chi connectivity index (χ0) is 16.4. The molecule has 0 bridgehead atoms. The number of amides is 1. The lowest BCUT2D eigenvalue weighted by atomic mass is 10.1. The normalized spacial score (nSPS) is 22.5. The molecule has 0 saturated carbocycles. The fourth-order valence-corrected chi connectivity index (χ4v) is 3.24. The van der Waals surface area contributed by atoms with Crippen LogP contribution >= 0.6 is 12.4 Å². The number of carboxylic acid groups (broad SMARTS) is 1. The largest absolute Gasteiger partial charge is 0.481 e. The van der Waals surface area contributed by atoms with Gasteiger partial charge in [-0.25, -0.2) is 0 Å². The summed E-state index contributed by atoms with van der Waals surface area (Å²) in [7, 11) is 0. The van der Waals surface area contributed by atoms with Crippen molar-refractivity contribution in [2.45, 2.75) is 31.9 Å². The molecule has 0 aliphatic carbocycles. The molecule has 3 rings (SSSR count). The number of hydrogen-bond donors (Lipinski definition) is 2. The van der Waals surface area contributed by atoms with Crippen molar-refractivity contribution < 1.29 is 19.8 Å². The van der Waals surface area contributed by atoms with Gasteiger partial charge in [0.1, 0.15) is 0 Å². The van der Waals surface area contributed by atoms with Gasteiger partial charge in [-0.05, 0) is 30.5 Å². The number of piperidine rings is 1. The highest BCUT2D eigenvalue weighted by Crippen LogP contribution is 2.26. The van der Waals surface area contributed by atoms with Crippen molar-refractivity contribution in [3.8, 4) is 0 Å². The Kier molecular flexibility index (Phi) is 6.21. The quantitative estimate of drug-likeness (QED) is 0.856. The van der Waals surface area contributed by atoms with E-state index in [0.29, 0.717) is 0 Å². The maximum Gasteiger partial charge on any atom is 0.308 e. The number of aliphatic hydroxyl groups excluding tert-OH is 1. The van der Waals surface area contributed by atoms with Crippen LogP contribution in [0.4, 0.5) is 5.69 Å². The topological polar surface area (TPSA) is 81.1 Å². The average molecular weight is 355 g/mol. The third kappa shape index (κ3) is 4.26. The maximum absolute atomic E-state index is 12.0. The lowest BCUT2D eigenvalue weighted by Crippen LogP contribution is -2.35. The molecule has 0 spiro atoms. The molecule has 2 heterocycles. The second-order valence-electron chi connectivity index (χ2n) is 6.42. The summed E-state index contributed by atoms with van der Waals surface area (Å²) >= 11 is 0. The molecule has 2 N–H and O–H groups in total. The van der Waals surface area contributed by atoms with Gasteiger partial charge >= 0.3 is 5.97 Å². The molecule has 1 amide bonds. The summed E-state index contributed by atoms with van der Waals surface area (Å²) in [6.07, 6.45) is 1.54. The third-order valence-electron chi connectivity index (χ3n) is 4.69. The molecule has 0 aromatic heterocycles. The summed E-state index contributed by atoms with van der Waals surface area (Å²) in [6.45, 7) is 2.87. The first kappa shape index (κ1) is 18.7. The monoisotopic (exact) mass is 354 g/mol. The van der Waals surface area contributed by atoms with Crippen molar-refractivity contribution in [3.05, 3.63) is 29.8 Å². The van der Waals surface area contributed by atoms with Crippen LogP contribution in [-0.2, 0) is 16.1 Å². The Balaban J connectivity index is 0.00000208. The first-order valence-electron chi connectivity index (χ1n) is 8.05. The number of anilines is 1. The lowest BCUT2D eigenvalue weighted by molar-refractivity contribution is -0.141. The number of rotatable bonds is 4. The Morgan fingerprint density at radius 3 is 2.33 bits per heavy atom. The number of aliphatic carboxylic acids is 1. The van der Waals surface area contributed by atoms with E-state index < -0.39 is 11.9 Å². The number of halogens is 1. The van der Waals surface area contributed by atoms with Gasteiger partial charge in [-0.15, -0.1) is 12.4 Å². The van der Waals surface area contributed by atoms with Crippen molar-refractivity contribution in [1.82, 2.24) is 4.90 Å². The second kappa shape index (κ2) is 7.96. The molecule has 0 radical (unpaired) electrons. The van der Waals surface area contributed by atoms with E-state index in [1.807, 2.05) is 24.3 Å². The fourth-order valence-electron chi connectivity index (χ4n) is 3.24. The van der Waals surface area contributed by atoms with Crippen LogP contribution in [0.3, 0.4) is 0 Å². The number of aliphatic hydroxyl groups is 1. The first-order valence-corrected chi connectivity index (χ1v) is 8.05. The Labute approximate surface area is 147 Å². The van der Waals surface area contributed by atoms with Crippen LogP contribution in [0, 0.1) is 5.92 Å². The second-order valence-corrected chi connectivity index (χ2v) is 6.42. The Bertz CT molecular complexity index is 585. The number of carbonyl (C=O) groups excluding carboxylic acids is 1. The van der Waals surface area contributed by atoms with Crippen LogP contribution in [0.5, 0.6) is 0 Å². The van der Waals surface area contributed by atoms with E-state index in [4.69, 9.17) is 5.11 Å². The zero-order valence-corrected chi connectivity index (χ0v) is 14.2. The SMILES string of the molecule is Cl.O=C(O)C1CC(=O)N(c2ccc(CN3CCC(O)CC3)cc2)C1. The summed E-state index contributed by atoms with van der Waals surface area (Å²) in [4.78, 5) is 26.8. The van der Waals surface area contributed by atoms with Gasteiger partial charge in [0.2, 0.25) is 5.91 Å². The first-order chi connectivity index (χ1) is 11.0. The minimum Gasteiger partial charge on any atom is -0.481 e. The molecule has 2 fully saturated rings. The minimum absolute atomic E-state index is 0. The summed E-state index contributed by atoms with van der Waals surface area (Å²) in [5.74, 6) is -1.65. The highest BCUT2D eigenvalue weighted by Gasteiger charge is 2.34. The molecule has 6 nitrogen and oxygen atoms in total. The van der Waals surface area contributed by atoms with Crippen LogP contribution in [0.2, 0.25) is 0 Å². The fraction of sp³-hybridized carbons (Fsp3) is 0.529. The molecule has 1 aromatic rings. The van der Waals surface area contributed by atoms with E-state index >= 15 is 0 Å². The molecular formula is C17H23ClN2O4. The van der Waals surface area contributed by atoms with E-state index in [2.05, 4.69) is 4.90 Å². The van der Waals surface area contributed by atoms with E-state index in [1.54, 1.807) is 4.90 Å². The Hall–Kier alpha value is -1.63. The highest BCUT2D eigenvalue weighted by atomic mass is 35.5. The van der Waals surface area contributed by atoms with Gasteiger partial charge < -0.3 is 15.1 Å². The number of benzene rings is 1. The molecule has 2 saturated heterocycles. The maximum atomic E-state index is 12.0. The standard InChI is InChI=1S/C17H22N2O4.ClH/c20-15-5-7-18(8-6-15)10-12-1-3-14(4-2-12)19-11-13(17(22)23)9-16(19)21;/h1-4,13,15,20H,5-11H2,(H,22,23);1H. The highest BCUT2D eigenvalue weighted by molar-refractivity contribution is 5.99. The Morgan fingerprint density at radius 2 is 1.79 bits per heavy atom. The molecule has 24 heavy (non-hydrogen) atoms. The summed E-state index contributed by atoms with van der Waals surface area (Å²) in [6, 6.07) is 7.75. The molecular weight excluding hydrogens is 332 g/mol. The van der Waals surface area contributed by atoms with Crippen molar-refractivity contribution >= 4 is 30.0 Å². The van der Waals surface area contributed by atoms with Gasteiger partial charge in [0.15, 0.2) is 0 Å². The number of carbonyl (C=O) groups is 2. The molecule has 1 atom stereocenters. The Morgan fingerprint density at radius 1 is 1.17 bits per heavy atom. The summed E-state index contributed by atoms with van der Waals surface area (Å²) < 4.78 is 0. The van der Waals surface area contributed by atoms with Crippen LogP contribution in [0.1, 0.15) is 24.8 Å². The van der Waals surface area contributed by atoms with Gasteiger partial charge in [-0.1, -0.05) is 12.1 Å². The van der Waals surface area contributed by atoms with E-state index in [1.165, 1.54) is 0 Å². The smallest absolute Gasteiger partial charge is 0.308 e. The van der Waals surface area contributed by atoms with Gasteiger partial charge in [0.05, 0.1) is 12.0 Å². The van der Waals surface area contributed by atoms with Gasteiger partial charge in [-0.3, -0.25) is 14.5 Å². The van der Waals surface area contributed by atoms with Crippen LogP contribution in [-0.4, -0.2) is 52.7 Å².